The van der Waals surface area contributed by atoms with Gasteiger partial charge in [0, 0.05) is 32.3 Å². The Kier molecular flexibility index (Phi) is 5.82. The molecule has 3 rings (SSSR count). The highest BCUT2D eigenvalue weighted by molar-refractivity contribution is 5.92. The van der Waals surface area contributed by atoms with E-state index in [9.17, 15) is 9.59 Å². The molecule has 0 unspecified atom stereocenters. The van der Waals surface area contributed by atoms with Gasteiger partial charge in [-0.05, 0) is 37.5 Å². The Bertz CT molecular complexity index is 711. The van der Waals surface area contributed by atoms with E-state index in [1.807, 2.05) is 35.2 Å². The quantitative estimate of drug-likeness (QED) is 0.821. The van der Waals surface area contributed by atoms with E-state index in [1.54, 1.807) is 16.9 Å². The van der Waals surface area contributed by atoms with Crippen LogP contribution in [0.3, 0.4) is 0 Å². The number of para-hydroxylation sites is 1. The number of carbonyl (C=O) groups excluding carboxylic acids is 2. The van der Waals surface area contributed by atoms with Crippen LogP contribution >= 0.6 is 0 Å². The van der Waals surface area contributed by atoms with Gasteiger partial charge >= 0.3 is 0 Å². The summed E-state index contributed by atoms with van der Waals surface area (Å²) in [7, 11) is 0. The van der Waals surface area contributed by atoms with E-state index in [1.165, 1.54) is 0 Å². The lowest BCUT2D eigenvalue weighted by Crippen LogP contribution is -2.34. The van der Waals surface area contributed by atoms with E-state index in [-0.39, 0.29) is 11.8 Å². The van der Waals surface area contributed by atoms with Crippen molar-refractivity contribution in [1.29, 1.82) is 0 Å². The summed E-state index contributed by atoms with van der Waals surface area (Å²) in [4.78, 5) is 26.0. The molecule has 0 spiro atoms. The molecule has 0 aliphatic carbocycles. The summed E-state index contributed by atoms with van der Waals surface area (Å²) in [6.45, 7) is 2.09. The van der Waals surface area contributed by atoms with E-state index in [2.05, 4.69) is 10.4 Å². The molecular formula is C19H24N4O2. The molecule has 25 heavy (non-hydrogen) atoms. The molecule has 1 N–H and O–H groups in total. The lowest BCUT2D eigenvalue weighted by atomic mass is 10.2. The minimum absolute atomic E-state index is 0.183. The van der Waals surface area contributed by atoms with Gasteiger partial charge in [0.2, 0.25) is 5.91 Å². The third kappa shape index (κ3) is 4.68. The molecule has 0 bridgehead atoms. The van der Waals surface area contributed by atoms with E-state index >= 15 is 0 Å². The van der Waals surface area contributed by atoms with Crippen LogP contribution in [0.25, 0.3) is 5.69 Å². The molecule has 1 aromatic carbocycles. The van der Waals surface area contributed by atoms with Gasteiger partial charge < -0.3 is 10.2 Å². The Labute approximate surface area is 147 Å². The first-order valence-electron chi connectivity index (χ1n) is 8.91. The SMILES string of the molecule is O=C(NCCCN1CCCCCC1=O)c1ccn(-c2ccccc2)n1. The highest BCUT2D eigenvalue weighted by Crippen LogP contribution is 2.11. The van der Waals surface area contributed by atoms with Crippen LogP contribution in [0, 0.1) is 0 Å². The van der Waals surface area contributed by atoms with Crippen molar-refractivity contribution in [3.8, 4) is 5.69 Å². The summed E-state index contributed by atoms with van der Waals surface area (Å²) in [5, 5.41) is 7.19. The maximum Gasteiger partial charge on any atom is 0.271 e. The number of nitrogens with one attached hydrogen (secondary N) is 1. The number of carbonyl (C=O) groups is 2. The van der Waals surface area contributed by atoms with Crippen LogP contribution in [0.15, 0.2) is 42.6 Å². The molecule has 0 radical (unpaired) electrons. The third-order valence-electron chi connectivity index (χ3n) is 4.40. The zero-order valence-electron chi connectivity index (χ0n) is 14.4. The van der Waals surface area contributed by atoms with Crippen molar-refractivity contribution in [2.75, 3.05) is 19.6 Å². The van der Waals surface area contributed by atoms with Gasteiger partial charge in [-0.25, -0.2) is 4.68 Å². The molecule has 1 aliphatic heterocycles. The lowest BCUT2D eigenvalue weighted by Gasteiger charge is -2.20. The summed E-state index contributed by atoms with van der Waals surface area (Å²) in [6.07, 6.45) is 6.40. The van der Waals surface area contributed by atoms with Gasteiger partial charge in [0.15, 0.2) is 5.69 Å². The molecule has 6 heteroatoms. The van der Waals surface area contributed by atoms with Crippen molar-refractivity contribution < 1.29 is 9.59 Å². The first kappa shape index (κ1) is 17.2. The van der Waals surface area contributed by atoms with Crippen LogP contribution in [-0.2, 0) is 4.79 Å². The van der Waals surface area contributed by atoms with E-state index in [4.69, 9.17) is 0 Å². The Morgan fingerprint density at radius 3 is 2.80 bits per heavy atom. The van der Waals surface area contributed by atoms with Crippen molar-refractivity contribution in [1.82, 2.24) is 20.0 Å². The summed E-state index contributed by atoms with van der Waals surface area (Å²) >= 11 is 0. The molecule has 2 aromatic rings. The molecule has 0 saturated carbocycles. The summed E-state index contributed by atoms with van der Waals surface area (Å²) in [5.74, 6) is 0.0577. The molecule has 0 atom stereocenters. The Morgan fingerprint density at radius 2 is 1.96 bits per heavy atom. The average molecular weight is 340 g/mol. The summed E-state index contributed by atoms with van der Waals surface area (Å²) < 4.78 is 1.69. The van der Waals surface area contributed by atoms with E-state index in [0.29, 0.717) is 25.2 Å². The first-order chi connectivity index (χ1) is 12.2. The number of hydrogen-bond acceptors (Lipinski definition) is 3. The number of amides is 2. The predicted molar refractivity (Wildman–Crippen MR) is 95.6 cm³/mol. The van der Waals surface area contributed by atoms with Crippen LogP contribution in [0.2, 0.25) is 0 Å². The fourth-order valence-electron chi connectivity index (χ4n) is 3.01. The standard InChI is InChI=1S/C19H24N4O2/c24-18-10-5-2-6-13-22(18)14-7-12-20-19(25)17-11-15-23(21-17)16-8-3-1-4-9-16/h1,3-4,8-9,11,15H,2,5-7,10,12-14H2,(H,20,25). The van der Waals surface area contributed by atoms with Crippen molar-refractivity contribution in [3.05, 3.63) is 48.3 Å². The van der Waals surface area contributed by atoms with Crippen LogP contribution in [-0.4, -0.2) is 46.1 Å². The Hall–Kier alpha value is -2.63. The van der Waals surface area contributed by atoms with Gasteiger partial charge in [-0.2, -0.15) is 5.10 Å². The maximum absolute atomic E-state index is 12.2. The maximum atomic E-state index is 12.2. The molecule has 1 aliphatic rings. The molecule has 132 valence electrons. The number of rotatable bonds is 6. The number of nitrogens with zero attached hydrogens (tertiary/aromatic N) is 3. The normalized spacial score (nSPS) is 15.0. The van der Waals surface area contributed by atoms with Crippen molar-refractivity contribution >= 4 is 11.8 Å². The van der Waals surface area contributed by atoms with Crippen LogP contribution in [0.1, 0.15) is 42.6 Å². The second kappa shape index (κ2) is 8.46. The minimum atomic E-state index is -0.183. The van der Waals surface area contributed by atoms with Gasteiger partial charge in [-0.1, -0.05) is 24.6 Å². The topological polar surface area (TPSA) is 67.2 Å². The Balaban J connectivity index is 1.45. The summed E-state index contributed by atoms with van der Waals surface area (Å²) in [6, 6.07) is 11.4. The monoisotopic (exact) mass is 340 g/mol. The summed E-state index contributed by atoms with van der Waals surface area (Å²) in [5.41, 5.74) is 1.32. The third-order valence-corrected chi connectivity index (χ3v) is 4.40. The molecule has 1 saturated heterocycles. The second-order valence-electron chi connectivity index (χ2n) is 6.28. The zero-order chi connectivity index (χ0) is 17.5. The number of likely N-dealkylation sites (tertiary alicyclic amines) is 1. The number of benzene rings is 1. The average Bonchev–Trinajstić information content (AvgIpc) is 3.05. The minimum Gasteiger partial charge on any atom is -0.351 e. The molecular weight excluding hydrogens is 316 g/mol. The van der Waals surface area contributed by atoms with Gasteiger partial charge in [-0.15, -0.1) is 0 Å². The molecule has 1 aromatic heterocycles. The van der Waals surface area contributed by atoms with Crippen molar-refractivity contribution in [3.63, 3.8) is 0 Å². The van der Waals surface area contributed by atoms with Crippen LogP contribution in [0.4, 0.5) is 0 Å². The largest absolute Gasteiger partial charge is 0.351 e. The van der Waals surface area contributed by atoms with Crippen LogP contribution < -0.4 is 5.32 Å². The number of aromatic nitrogens is 2. The Morgan fingerprint density at radius 1 is 1.12 bits per heavy atom. The highest BCUT2D eigenvalue weighted by Gasteiger charge is 2.16. The van der Waals surface area contributed by atoms with Crippen LogP contribution in [0.5, 0.6) is 0 Å². The highest BCUT2D eigenvalue weighted by atomic mass is 16.2. The van der Waals surface area contributed by atoms with Gasteiger partial charge in [0.25, 0.3) is 5.91 Å². The smallest absolute Gasteiger partial charge is 0.271 e. The van der Waals surface area contributed by atoms with Gasteiger partial charge in [0.1, 0.15) is 0 Å². The first-order valence-corrected chi connectivity index (χ1v) is 8.91. The molecule has 6 nitrogen and oxygen atoms in total. The van der Waals surface area contributed by atoms with Gasteiger partial charge in [-0.3, -0.25) is 9.59 Å². The van der Waals surface area contributed by atoms with E-state index < -0.39 is 0 Å². The molecule has 2 amide bonds. The fraction of sp³-hybridized carbons (Fsp3) is 0.421. The van der Waals surface area contributed by atoms with Crippen molar-refractivity contribution in [2.24, 2.45) is 0 Å². The molecule has 2 heterocycles. The second-order valence-corrected chi connectivity index (χ2v) is 6.28. The zero-order valence-corrected chi connectivity index (χ0v) is 14.4. The van der Waals surface area contributed by atoms with Crippen molar-refractivity contribution in [2.45, 2.75) is 32.1 Å². The van der Waals surface area contributed by atoms with E-state index in [0.717, 1.165) is 37.9 Å². The predicted octanol–water partition coefficient (Wildman–Crippen LogP) is 2.39. The lowest BCUT2D eigenvalue weighted by molar-refractivity contribution is -0.130. The molecule has 1 fully saturated rings. The number of hydrogen-bond donors (Lipinski definition) is 1. The van der Waals surface area contributed by atoms with Gasteiger partial charge in [0.05, 0.1) is 5.69 Å². The fourth-order valence-corrected chi connectivity index (χ4v) is 3.01.